The molecule has 7 atom stereocenters. The van der Waals surface area contributed by atoms with Crippen molar-refractivity contribution >= 4 is 88.8 Å². The Labute approximate surface area is 422 Å². The fraction of sp³-hybridized carbons (Fsp3) is 0.667. The molecule has 7 unspecified atom stereocenters. The predicted molar refractivity (Wildman–Crippen MR) is 179 cm³/mol. The van der Waals surface area contributed by atoms with E-state index >= 15 is 0 Å². The van der Waals surface area contributed by atoms with Crippen molar-refractivity contribution in [1.29, 1.82) is 0 Å². The number of halogens is 4. The molecule has 4 N–H and O–H groups in total. The number of Topliss-reactive ketones (excluding diaryl/α,β-unsaturated/α-hetero) is 1. The molecule has 0 bridgehead atoms. The van der Waals surface area contributed by atoms with Crippen LogP contribution in [0.4, 0.5) is 0 Å². The van der Waals surface area contributed by atoms with Crippen molar-refractivity contribution in [3.05, 3.63) is 50.1 Å². The Morgan fingerprint density at radius 2 is 1.37 bits per heavy atom. The fourth-order valence-electron chi connectivity index (χ4n) is 4.27. The summed E-state index contributed by atoms with van der Waals surface area (Å²) in [5.74, 6) is 0.796. The van der Waals surface area contributed by atoms with Gasteiger partial charge in [0.1, 0.15) is 11.7 Å². The number of carbonyl (C=O) groups is 1. The molecule has 0 saturated heterocycles. The molecule has 5 nitrogen and oxygen atoms in total. The Kier molecular flexibility index (Phi) is 58.4. The van der Waals surface area contributed by atoms with Gasteiger partial charge in [0.25, 0.3) is 0 Å². The van der Waals surface area contributed by atoms with Gasteiger partial charge in [0.2, 0.25) is 0 Å². The third-order valence-corrected chi connectivity index (χ3v) is 6.71. The van der Waals surface area contributed by atoms with Crippen LogP contribution in [0.15, 0.2) is 43.5 Å². The molecule has 0 aliphatic heterocycles. The first-order valence-electron chi connectivity index (χ1n) is 12.2. The number of hydrogen-bond donors (Lipinski definition) is 4. The van der Waals surface area contributed by atoms with Crippen LogP contribution in [-0.2, 0) is 9.72 Å². The zero-order valence-corrected chi connectivity index (χ0v) is 49.8. The Bertz CT molecular complexity index is 702. The number of aliphatic hydroxyl groups excluding tert-OH is 3. The van der Waals surface area contributed by atoms with Crippen LogP contribution < -0.4 is 17.0 Å². The quantitative estimate of drug-likeness (QED) is 0.147. The first-order valence-corrected chi connectivity index (χ1v) is 25.8. The van der Waals surface area contributed by atoms with E-state index in [-0.39, 0.29) is 201 Å². The average molecular weight is 1670 g/mol. The van der Waals surface area contributed by atoms with Crippen LogP contribution in [-0.4, -0.2) is 73.2 Å². The monoisotopic (exact) mass is 1660 g/mol. The topological polar surface area (TPSA) is 98.0 Å². The third-order valence-electron chi connectivity index (χ3n) is 6.71. The van der Waals surface area contributed by atoms with Gasteiger partial charge in [-0.25, -0.2) is 0 Å². The number of allylic oxidation sites excluding steroid dienone is 1. The number of hydrogen-bond acceptors (Lipinski definition) is 5. The van der Waals surface area contributed by atoms with E-state index in [2.05, 4.69) is 99.3 Å². The van der Waals surface area contributed by atoms with Crippen molar-refractivity contribution in [3.8, 4) is 0 Å². The minimum absolute atomic E-state index is 0. The van der Waals surface area contributed by atoms with Gasteiger partial charge >= 0.3 is 87.9 Å². The molecule has 2 fully saturated rings. The standard InChI is InChI=1S/C9H16O2.C9H14O.C7H12O2.C2H3.3Ac.BrH.3HI.Mg.V/c1-3-9(11)6-4-5-7(2)8(9)10;1-3-8-6-4-5-7(2)9(8)10;1-5-3-2-4-6(8)7(5)9;1-2;;;;;;;;;/h3,7-8,10-11H,1,4-6H2,2H3;3,6-7,9-10H,1,4-5H2,2H3;5,7,9H,2-4H2,1H3;1H,2H2;;;;4*1H;;/q;;;-1;;;;;;;;+2;+3/p-4. The summed E-state index contributed by atoms with van der Waals surface area (Å²) in [7, 11) is 0. The molecule has 3 radical (unpaired) electrons. The van der Waals surface area contributed by atoms with E-state index in [1.54, 1.807) is 6.08 Å². The van der Waals surface area contributed by atoms with Crippen LogP contribution in [0.1, 0.15) is 72.1 Å². The molecule has 3 aliphatic carbocycles. The Balaban J connectivity index is -0.0000000733. The van der Waals surface area contributed by atoms with Gasteiger partial charge in [-0.15, -0.1) is 6.58 Å². The van der Waals surface area contributed by atoms with Crippen molar-refractivity contribution in [2.45, 2.75) is 96.1 Å². The largest absolute Gasteiger partial charge is 2.00 e. The summed E-state index contributed by atoms with van der Waals surface area (Å²) in [6.45, 7) is 20.1. The Morgan fingerprint density at radius 3 is 1.71 bits per heavy atom. The van der Waals surface area contributed by atoms with Crippen molar-refractivity contribution in [2.24, 2.45) is 17.8 Å². The molecule has 0 aromatic carbocycles. The van der Waals surface area contributed by atoms with Crippen molar-refractivity contribution in [2.75, 3.05) is 0 Å². The number of aliphatic hydroxyl groups is 4. The van der Waals surface area contributed by atoms with E-state index in [9.17, 15) is 20.1 Å². The van der Waals surface area contributed by atoms with Gasteiger partial charge in [-0.05, 0) is 68.3 Å². The van der Waals surface area contributed by atoms with Gasteiger partial charge in [0.05, 0.1) is 12.2 Å². The van der Waals surface area contributed by atoms with Crippen molar-refractivity contribution < 1.29 is 179 Å². The molecular weight excluding hydrogens is 1620 g/mol. The summed E-state index contributed by atoms with van der Waals surface area (Å²) < 4.78 is 0. The number of carbonyl (C=O) groups excluding carboxylic acids is 1. The summed E-state index contributed by atoms with van der Waals surface area (Å²) in [6, 6.07) is 0. The maximum atomic E-state index is 10.8. The van der Waals surface area contributed by atoms with Crippen LogP contribution >= 0.6 is 59.9 Å². The summed E-state index contributed by atoms with van der Waals surface area (Å²) in [5.41, 5.74) is -0.0312. The smallest absolute Gasteiger partial charge is 2.00 e. The molecule has 0 heterocycles. The molecular formula is C27H45Ac3BrI3MgO5V. The summed E-state index contributed by atoms with van der Waals surface area (Å²) in [4.78, 5) is 10.5. The zero-order valence-electron chi connectivity index (χ0n) is 24.6. The maximum absolute atomic E-state index is 10.8. The van der Waals surface area contributed by atoms with E-state index in [4.69, 9.17) is 5.11 Å². The van der Waals surface area contributed by atoms with E-state index in [0.717, 1.165) is 44.1 Å². The minimum atomic E-state index is -1.03. The molecule has 0 aromatic heterocycles. The molecule has 0 spiro atoms. The van der Waals surface area contributed by atoms with E-state index in [0.29, 0.717) is 18.8 Å². The fourth-order valence-corrected chi connectivity index (χ4v) is 4.27. The number of rotatable bonds is 2. The van der Waals surface area contributed by atoms with Gasteiger partial charge in [0, 0.05) is 139 Å². The summed E-state index contributed by atoms with van der Waals surface area (Å²) in [6.07, 6.45) is 11.0. The van der Waals surface area contributed by atoms with Crippen LogP contribution in [0.3, 0.4) is 0 Å². The Morgan fingerprint density at radius 1 is 0.927 bits per heavy atom. The average Bonchev–Trinajstić information content (AvgIpc) is 2.84. The minimum Gasteiger partial charge on any atom is 2.00 e. The van der Waals surface area contributed by atoms with Gasteiger partial charge < -0.3 is 44.0 Å². The van der Waals surface area contributed by atoms with Crippen LogP contribution in [0.25, 0.3) is 0 Å². The van der Waals surface area contributed by atoms with Gasteiger partial charge in [-0.2, -0.15) is 0 Å². The van der Waals surface area contributed by atoms with Crippen LogP contribution in [0, 0.1) is 157 Å². The second-order valence-electron chi connectivity index (χ2n) is 9.39. The second kappa shape index (κ2) is 38.1. The Hall–Kier alpha value is 6.82. The third kappa shape index (κ3) is 29.1. The summed E-state index contributed by atoms with van der Waals surface area (Å²) in [5, 5.41) is 37.9. The van der Waals surface area contributed by atoms with Gasteiger partial charge in [0.15, 0.2) is 5.78 Å². The van der Waals surface area contributed by atoms with Crippen LogP contribution in [0.5, 0.6) is 0 Å². The first kappa shape index (κ1) is 62.9. The maximum Gasteiger partial charge on any atom is 2.00 e. The summed E-state index contributed by atoms with van der Waals surface area (Å²) >= 11 is 7.39. The second-order valence-corrected chi connectivity index (χ2v) is 44.8. The molecule has 3 aliphatic rings. The zero-order chi connectivity index (χ0) is 28.5. The number of ketones is 1. The normalized spacial score (nSPS) is 29.3. The molecule has 227 valence electrons. The van der Waals surface area contributed by atoms with Crippen molar-refractivity contribution in [3.63, 3.8) is 0 Å². The molecule has 41 heavy (non-hydrogen) atoms. The first-order chi connectivity index (χ1) is 16.8. The van der Waals surface area contributed by atoms with Gasteiger partial charge in [-0.1, -0.05) is 45.6 Å². The molecule has 14 heteroatoms. The molecule has 0 amide bonds. The van der Waals surface area contributed by atoms with E-state index in [1.165, 1.54) is 6.08 Å². The predicted octanol–water partition coefficient (Wildman–Crippen LogP) is 3.59. The van der Waals surface area contributed by atoms with Crippen molar-refractivity contribution in [1.82, 2.24) is 0 Å². The molecule has 0 aromatic rings. The molecule has 2 saturated carbocycles. The molecule has 3 rings (SSSR count). The van der Waals surface area contributed by atoms with Crippen LogP contribution in [0.2, 0.25) is 0 Å². The van der Waals surface area contributed by atoms with E-state index < -0.39 is 17.8 Å². The SMILES string of the molecule is C=CC1(O)CCCC(C)C1O.C=CC1=CCCC(C)C1O.CC1CCCC(=O)C1O.[Ac].[Ac].[Ac].[Br-].[CH-]=C.[I][V]([I])[I].[Mg+2]. The van der Waals surface area contributed by atoms with E-state index in [1.807, 2.05) is 13.8 Å². The van der Waals surface area contributed by atoms with Gasteiger partial charge in [-0.3, -0.25) is 11.4 Å².